The maximum absolute atomic E-state index is 13.6. The summed E-state index contributed by atoms with van der Waals surface area (Å²) in [5.41, 5.74) is 8.74. The Morgan fingerprint density at radius 2 is 1.85 bits per heavy atom. The summed E-state index contributed by atoms with van der Waals surface area (Å²) >= 11 is 0. The van der Waals surface area contributed by atoms with Crippen molar-refractivity contribution in [1.82, 2.24) is 10.3 Å². The van der Waals surface area contributed by atoms with E-state index in [1.165, 1.54) is 7.11 Å². The molecule has 5 rings (SSSR count). The van der Waals surface area contributed by atoms with Crippen LogP contribution in [0, 0.1) is 41.4 Å². The van der Waals surface area contributed by atoms with Gasteiger partial charge in [-0.1, -0.05) is 45.0 Å². The number of nitrogen functional groups attached to an aromatic ring is 1. The normalized spacial score (nSPS) is 25.1. The number of carbonyl (C=O) groups excluding carboxylic acids is 2. The van der Waals surface area contributed by atoms with Crippen molar-refractivity contribution in [2.24, 2.45) is 29.6 Å². The van der Waals surface area contributed by atoms with Gasteiger partial charge >= 0.3 is 0 Å². The minimum Gasteiger partial charge on any atom is -0.504 e. The van der Waals surface area contributed by atoms with Gasteiger partial charge in [0, 0.05) is 37.4 Å². The van der Waals surface area contributed by atoms with Crippen LogP contribution in [0.5, 0.6) is 11.5 Å². The fourth-order valence-corrected chi connectivity index (χ4v) is 8.69. The first-order valence-corrected chi connectivity index (χ1v) is 19.8. The molecule has 52 heavy (non-hydrogen) atoms. The Balaban J connectivity index is 1.26. The number of benzene rings is 1. The van der Waals surface area contributed by atoms with Crippen molar-refractivity contribution in [2.45, 2.75) is 134 Å². The second kappa shape index (κ2) is 19.0. The molecule has 284 valence electrons. The number of ether oxygens (including phenoxy) is 1. The lowest BCUT2D eigenvalue weighted by Crippen LogP contribution is -2.48. The lowest BCUT2D eigenvalue weighted by molar-refractivity contribution is -0.124. The number of aliphatic hydroxyl groups is 2. The molecular formula is C43H61N3O6. The molecule has 1 saturated heterocycles. The molecule has 9 nitrogen and oxygen atoms in total. The Morgan fingerprint density at radius 3 is 2.62 bits per heavy atom. The van der Waals surface area contributed by atoms with E-state index < -0.39 is 18.1 Å². The number of ketones is 2. The van der Waals surface area contributed by atoms with Crippen LogP contribution in [0.25, 0.3) is 0 Å². The van der Waals surface area contributed by atoms with Gasteiger partial charge in [-0.3, -0.25) is 9.59 Å². The van der Waals surface area contributed by atoms with Crippen molar-refractivity contribution in [3.05, 3.63) is 47.2 Å². The molecule has 0 unspecified atom stereocenters. The fraction of sp³-hybridized carbons (Fsp3) is 0.651. The molecular weight excluding hydrogens is 654 g/mol. The van der Waals surface area contributed by atoms with E-state index in [1.807, 2.05) is 12.1 Å². The van der Waals surface area contributed by atoms with E-state index in [0.29, 0.717) is 86.1 Å². The minimum absolute atomic E-state index is 0.0153. The number of fused-ring (bicyclic) bond motifs is 2. The molecule has 1 aromatic carbocycles. The number of nitrogens with zero attached hydrogens (tertiary/aromatic N) is 1. The highest BCUT2D eigenvalue weighted by Gasteiger charge is 2.35. The topological polar surface area (TPSA) is 155 Å². The van der Waals surface area contributed by atoms with Gasteiger partial charge in [0.1, 0.15) is 17.5 Å². The largest absolute Gasteiger partial charge is 0.504 e. The highest BCUT2D eigenvalue weighted by molar-refractivity contribution is 5.85. The van der Waals surface area contributed by atoms with Gasteiger partial charge in [0.25, 0.3) is 0 Å². The maximum atomic E-state index is 13.6. The van der Waals surface area contributed by atoms with Gasteiger partial charge in [-0.05, 0) is 129 Å². The number of pyridine rings is 1. The number of phenolic OH excluding ortho intramolecular Hbond substituents is 1. The number of nitrogens with two attached hydrogens (primary N) is 1. The predicted octanol–water partition coefficient (Wildman–Crippen LogP) is 6.30. The number of aryl methyl sites for hydroxylation is 1. The smallest absolute Gasteiger partial charge is 0.160 e. The van der Waals surface area contributed by atoms with Gasteiger partial charge in [0.2, 0.25) is 0 Å². The summed E-state index contributed by atoms with van der Waals surface area (Å²) in [5, 5.41) is 37.4. The van der Waals surface area contributed by atoms with Crippen LogP contribution in [0.3, 0.4) is 0 Å². The van der Waals surface area contributed by atoms with Crippen molar-refractivity contribution in [3.8, 4) is 23.3 Å². The van der Waals surface area contributed by atoms with Crippen molar-refractivity contribution in [3.63, 3.8) is 0 Å². The Morgan fingerprint density at radius 1 is 1.02 bits per heavy atom. The van der Waals surface area contributed by atoms with E-state index in [0.717, 1.165) is 68.2 Å². The third-order valence-electron chi connectivity index (χ3n) is 11.8. The number of anilines is 1. The monoisotopic (exact) mass is 715 g/mol. The number of nitrogens with one attached hydrogen (secondary N) is 1. The third-order valence-corrected chi connectivity index (χ3v) is 11.8. The predicted molar refractivity (Wildman–Crippen MR) is 204 cm³/mol. The summed E-state index contributed by atoms with van der Waals surface area (Å²) in [6, 6.07) is 7.66. The molecule has 1 saturated carbocycles. The Bertz CT molecular complexity index is 1570. The number of methoxy groups -OCH3 is 1. The number of phenols is 1. The van der Waals surface area contributed by atoms with Gasteiger partial charge in [-0.25, -0.2) is 4.98 Å². The maximum Gasteiger partial charge on any atom is 0.160 e. The van der Waals surface area contributed by atoms with Gasteiger partial charge in [-0.2, -0.15) is 0 Å². The number of aromatic nitrogens is 1. The van der Waals surface area contributed by atoms with Crippen LogP contribution in [0.4, 0.5) is 5.82 Å². The summed E-state index contributed by atoms with van der Waals surface area (Å²) in [6.07, 6.45) is 11.4. The zero-order chi connectivity index (χ0) is 37.2. The molecule has 2 fully saturated rings. The Hall–Kier alpha value is -3.45. The van der Waals surface area contributed by atoms with Gasteiger partial charge in [-0.15, -0.1) is 0 Å². The summed E-state index contributed by atoms with van der Waals surface area (Å²) in [5.74, 6) is 8.27. The van der Waals surface area contributed by atoms with Crippen LogP contribution >= 0.6 is 0 Å². The number of hydrogen-bond acceptors (Lipinski definition) is 9. The van der Waals surface area contributed by atoms with Gasteiger partial charge < -0.3 is 31.1 Å². The van der Waals surface area contributed by atoms with E-state index in [2.05, 4.69) is 36.0 Å². The molecule has 3 aliphatic rings. The van der Waals surface area contributed by atoms with E-state index in [-0.39, 0.29) is 29.8 Å². The van der Waals surface area contributed by atoms with Crippen molar-refractivity contribution >= 4 is 17.4 Å². The molecule has 9 heteroatoms. The summed E-state index contributed by atoms with van der Waals surface area (Å²) in [7, 11) is 1.51. The van der Waals surface area contributed by atoms with Crippen LogP contribution in [-0.4, -0.2) is 63.8 Å². The minimum atomic E-state index is -0.859. The first-order chi connectivity index (χ1) is 25.0. The van der Waals surface area contributed by atoms with Crippen LogP contribution in [-0.2, 0) is 22.4 Å². The van der Waals surface area contributed by atoms with Gasteiger partial charge in [0.15, 0.2) is 17.3 Å². The molecule has 1 aromatic heterocycles. The average molecular weight is 716 g/mol. The molecule has 0 spiro atoms. The highest BCUT2D eigenvalue weighted by atomic mass is 16.5. The van der Waals surface area contributed by atoms with Gasteiger partial charge in [0.05, 0.1) is 19.3 Å². The van der Waals surface area contributed by atoms with Crippen molar-refractivity contribution in [2.75, 3.05) is 19.4 Å². The standard InChI is InChI=1S/C43H61N3O6/c1-27(2)8-9-33(20-28-18-19-45-43(44)22-28)38(48)16-12-30-11-15-35(40(50)17-13-31-23-42(52-3)41(51)25-36(30)31)39(49)7-5-4-6-29-21-32-10-14-34(47)24-37(32)46-26-29/h18-19,22-23,25,27,29-30,32-33,35,37-39,46,48-49,51H,4-10,12-14,16-17,20-21,24,26H2,1-3H3,(H2,44,45)/t29-,30-,32-,33-,35-,37-,38+,39-/m1/s1. The first kappa shape index (κ1) is 39.8. The molecule has 0 bridgehead atoms. The summed E-state index contributed by atoms with van der Waals surface area (Å²) < 4.78 is 5.42. The Labute approximate surface area is 310 Å². The van der Waals surface area contributed by atoms with Crippen LogP contribution in [0.2, 0.25) is 0 Å². The molecule has 0 amide bonds. The number of piperidine rings is 1. The number of aliphatic hydroxyl groups excluding tert-OH is 2. The number of hydrogen-bond donors (Lipinski definition) is 5. The van der Waals surface area contributed by atoms with E-state index in [1.54, 1.807) is 18.3 Å². The Kier molecular flexibility index (Phi) is 14.6. The van der Waals surface area contributed by atoms with E-state index in [4.69, 9.17) is 10.5 Å². The number of rotatable bonds is 16. The molecule has 2 aromatic rings. The third kappa shape index (κ3) is 11.0. The first-order valence-electron chi connectivity index (χ1n) is 19.8. The molecule has 2 aliphatic carbocycles. The summed E-state index contributed by atoms with van der Waals surface area (Å²) in [6.45, 7) is 5.32. The molecule has 1 aliphatic heterocycles. The summed E-state index contributed by atoms with van der Waals surface area (Å²) in [4.78, 5) is 29.6. The molecule has 6 N–H and O–H groups in total. The second-order valence-electron chi connectivity index (χ2n) is 16.2. The fourth-order valence-electron chi connectivity index (χ4n) is 8.69. The van der Waals surface area contributed by atoms with E-state index >= 15 is 0 Å². The van der Waals surface area contributed by atoms with Crippen LogP contribution in [0.1, 0.15) is 120 Å². The number of Topliss-reactive ketones (excluding diaryl/α,β-unsaturated/α-hetero) is 2. The van der Waals surface area contributed by atoms with E-state index in [9.17, 15) is 24.9 Å². The SMILES string of the molecule is COc1cc2c(cc1O)[C@@H](CC[C@H](O)[C@H](CCC(C)C)Cc1ccnc(N)c1)C#C[C@H]([C@H](O)CCCC[C@H]1CN[C@@H]3CC(=O)CC[C@@H]3C1)C(=O)CC2. The second-order valence-corrected chi connectivity index (χ2v) is 16.2. The number of unbranched alkanes of at least 4 members (excludes halogenated alkanes) is 1. The lowest BCUT2D eigenvalue weighted by Gasteiger charge is -2.39. The molecule has 8 atom stereocenters. The van der Waals surface area contributed by atoms with Crippen molar-refractivity contribution < 1.29 is 29.6 Å². The number of aromatic hydroxyl groups is 1. The van der Waals surface area contributed by atoms with Crippen LogP contribution in [0.15, 0.2) is 30.5 Å². The average Bonchev–Trinajstić information content (AvgIpc) is 3.18. The van der Waals surface area contributed by atoms with Crippen LogP contribution < -0.4 is 15.8 Å². The molecule has 2 heterocycles. The van der Waals surface area contributed by atoms with Crippen molar-refractivity contribution in [1.29, 1.82) is 0 Å². The quantitative estimate of drug-likeness (QED) is 0.0995. The highest BCUT2D eigenvalue weighted by Crippen LogP contribution is 2.38. The molecule has 0 radical (unpaired) electrons. The lowest BCUT2D eigenvalue weighted by atomic mass is 9.74. The zero-order valence-electron chi connectivity index (χ0n) is 31.5. The zero-order valence-corrected chi connectivity index (χ0v) is 31.5. The number of carbonyl (C=O) groups is 2.